The molecular formula is C14H28N2O2. The van der Waals surface area contributed by atoms with Crippen LogP contribution in [0.2, 0.25) is 0 Å². The predicted molar refractivity (Wildman–Crippen MR) is 74.8 cm³/mol. The van der Waals surface area contributed by atoms with E-state index >= 15 is 0 Å². The number of nitrogens with one attached hydrogen (secondary N) is 2. The fourth-order valence-corrected chi connectivity index (χ4v) is 1.84. The SMILES string of the molecule is CCCCC(=O)CNCCCCC(NC)C(C)=O. The van der Waals surface area contributed by atoms with Crippen LogP contribution < -0.4 is 10.6 Å². The van der Waals surface area contributed by atoms with E-state index in [0.717, 1.165) is 38.6 Å². The molecule has 0 spiro atoms. The number of carbonyl (C=O) groups excluding carboxylic acids is 2. The summed E-state index contributed by atoms with van der Waals surface area (Å²) in [6.45, 7) is 5.05. The normalized spacial score (nSPS) is 12.4. The average molecular weight is 256 g/mol. The minimum Gasteiger partial charge on any atom is -0.311 e. The van der Waals surface area contributed by atoms with Gasteiger partial charge in [0.1, 0.15) is 11.6 Å². The molecule has 106 valence electrons. The van der Waals surface area contributed by atoms with Gasteiger partial charge in [-0.05, 0) is 39.8 Å². The van der Waals surface area contributed by atoms with Gasteiger partial charge < -0.3 is 10.6 Å². The quantitative estimate of drug-likeness (QED) is 0.522. The monoisotopic (exact) mass is 256 g/mol. The number of Topliss-reactive ketones (excluding diaryl/α,β-unsaturated/α-hetero) is 2. The van der Waals surface area contributed by atoms with Gasteiger partial charge >= 0.3 is 0 Å². The van der Waals surface area contributed by atoms with E-state index in [4.69, 9.17) is 0 Å². The number of unbranched alkanes of at least 4 members (excludes halogenated alkanes) is 2. The summed E-state index contributed by atoms with van der Waals surface area (Å²) in [5.74, 6) is 0.494. The van der Waals surface area contributed by atoms with Crippen molar-refractivity contribution in [2.24, 2.45) is 0 Å². The summed E-state index contributed by atoms with van der Waals surface area (Å²) in [4.78, 5) is 22.5. The predicted octanol–water partition coefficient (Wildman–Crippen LogP) is 1.68. The Morgan fingerprint density at radius 2 is 1.89 bits per heavy atom. The summed E-state index contributed by atoms with van der Waals surface area (Å²) >= 11 is 0. The van der Waals surface area contributed by atoms with Crippen molar-refractivity contribution in [1.82, 2.24) is 10.6 Å². The molecule has 0 saturated carbocycles. The third kappa shape index (κ3) is 9.31. The van der Waals surface area contributed by atoms with Gasteiger partial charge in [-0.2, -0.15) is 0 Å². The Kier molecular flexibility index (Phi) is 10.9. The van der Waals surface area contributed by atoms with Gasteiger partial charge in [0, 0.05) is 6.42 Å². The second kappa shape index (κ2) is 11.4. The Bertz CT molecular complexity index is 242. The average Bonchev–Trinajstić information content (AvgIpc) is 2.35. The van der Waals surface area contributed by atoms with Crippen LogP contribution in [-0.2, 0) is 9.59 Å². The van der Waals surface area contributed by atoms with Crippen LogP contribution in [0.15, 0.2) is 0 Å². The third-order valence-corrected chi connectivity index (χ3v) is 3.07. The lowest BCUT2D eigenvalue weighted by atomic mass is 10.1. The highest BCUT2D eigenvalue weighted by Crippen LogP contribution is 2.01. The molecule has 0 aliphatic carbocycles. The van der Waals surface area contributed by atoms with Crippen LogP contribution in [0.25, 0.3) is 0 Å². The summed E-state index contributed by atoms with van der Waals surface area (Å²) in [6, 6.07) is -0.0174. The van der Waals surface area contributed by atoms with Crippen LogP contribution in [0, 0.1) is 0 Å². The Balaban J connectivity index is 3.40. The minimum atomic E-state index is -0.0174. The molecule has 0 amide bonds. The van der Waals surface area contributed by atoms with Gasteiger partial charge in [0.2, 0.25) is 0 Å². The van der Waals surface area contributed by atoms with E-state index in [9.17, 15) is 9.59 Å². The zero-order valence-electron chi connectivity index (χ0n) is 12.1. The standard InChI is InChI=1S/C14H28N2O2/c1-4-5-8-13(18)11-16-10-7-6-9-14(15-3)12(2)17/h14-16H,4-11H2,1-3H3. The highest BCUT2D eigenvalue weighted by atomic mass is 16.1. The van der Waals surface area contributed by atoms with Gasteiger partial charge in [-0.25, -0.2) is 0 Å². The fourth-order valence-electron chi connectivity index (χ4n) is 1.84. The molecule has 0 heterocycles. The molecule has 0 bridgehead atoms. The summed E-state index contributed by atoms with van der Waals surface area (Å²) in [5.41, 5.74) is 0. The van der Waals surface area contributed by atoms with Crippen molar-refractivity contribution >= 4 is 11.6 Å². The van der Waals surface area contributed by atoms with Gasteiger partial charge in [-0.1, -0.05) is 19.8 Å². The summed E-state index contributed by atoms with van der Waals surface area (Å²) in [6.07, 6.45) is 5.63. The molecule has 0 saturated heterocycles. The Morgan fingerprint density at radius 3 is 2.44 bits per heavy atom. The highest BCUT2D eigenvalue weighted by Gasteiger charge is 2.10. The third-order valence-electron chi connectivity index (χ3n) is 3.07. The first kappa shape index (κ1) is 17.3. The molecule has 0 aliphatic rings. The molecule has 0 aromatic heterocycles. The molecule has 0 fully saturated rings. The van der Waals surface area contributed by atoms with Gasteiger partial charge in [-0.15, -0.1) is 0 Å². The number of carbonyl (C=O) groups is 2. The maximum absolute atomic E-state index is 11.4. The molecule has 1 unspecified atom stereocenters. The fraction of sp³-hybridized carbons (Fsp3) is 0.857. The van der Waals surface area contributed by atoms with E-state index in [1.807, 2.05) is 7.05 Å². The van der Waals surface area contributed by atoms with E-state index in [0.29, 0.717) is 18.7 Å². The minimum absolute atomic E-state index is 0.0174. The molecule has 0 aromatic carbocycles. The zero-order chi connectivity index (χ0) is 13.8. The summed E-state index contributed by atoms with van der Waals surface area (Å²) < 4.78 is 0. The van der Waals surface area contributed by atoms with Crippen molar-refractivity contribution in [2.75, 3.05) is 20.1 Å². The first-order valence-corrected chi connectivity index (χ1v) is 7.02. The molecule has 1 atom stereocenters. The van der Waals surface area contributed by atoms with E-state index < -0.39 is 0 Å². The maximum Gasteiger partial charge on any atom is 0.146 e. The number of hydrogen-bond acceptors (Lipinski definition) is 4. The van der Waals surface area contributed by atoms with Crippen molar-refractivity contribution in [3.05, 3.63) is 0 Å². The Morgan fingerprint density at radius 1 is 1.17 bits per heavy atom. The lowest BCUT2D eigenvalue weighted by Gasteiger charge is -2.12. The molecule has 0 aliphatic heterocycles. The lowest BCUT2D eigenvalue weighted by molar-refractivity contribution is -0.119. The van der Waals surface area contributed by atoms with E-state index in [2.05, 4.69) is 17.6 Å². The molecule has 4 heteroatoms. The van der Waals surface area contributed by atoms with Gasteiger partial charge in [-0.3, -0.25) is 9.59 Å². The first-order valence-electron chi connectivity index (χ1n) is 7.02. The van der Waals surface area contributed by atoms with Crippen LogP contribution in [0.5, 0.6) is 0 Å². The molecule has 2 N–H and O–H groups in total. The van der Waals surface area contributed by atoms with Crippen molar-refractivity contribution < 1.29 is 9.59 Å². The van der Waals surface area contributed by atoms with Crippen molar-refractivity contribution in [3.63, 3.8) is 0 Å². The summed E-state index contributed by atoms with van der Waals surface area (Å²) in [5, 5.41) is 6.17. The Hall–Kier alpha value is -0.740. The second-order valence-corrected chi connectivity index (χ2v) is 4.77. The highest BCUT2D eigenvalue weighted by molar-refractivity contribution is 5.81. The van der Waals surface area contributed by atoms with E-state index in [1.165, 1.54) is 0 Å². The van der Waals surface area contributed by atoms with Crippen LogP contribution in [0.4, 0.5) is 0 Å². The Labute approximate surface area is 111 Å². The number of ketones is 2. The lowest BCUT2D eigenvalue weighted by Crippen LogP contribution is -2.32. The van der Waals surface area contributed by atoms with Crippen molar-refractivity contribution in [1.29, 1.82) is 0 Å². The molecule has 18 heavy (non-hydrogen) atoms. The van der Waals surface area contributed by atoms with E-state index in [1.54, 1.807) is 6.92 Å². The van der Waals surface area contributed by atoms with Gasteiger partial charge in [0.15, 0.2) is 0 Å². The molecule has 0 rings (SSSR count). The largest absolute Gasteiger partial charge is 0.311 e. The number of likely N-dealkylation sites (N-methyl/N-ethyl adjacent to an activating group) is 1. The van der Waals surface area contributed by atoms with Crippen molar-refractivity contribution in [3.8, 4) is 0 Å². The maximum atomic E-state index is 11.4. The van der Waals surface area contributed by atoms with Crippen LogP contribution in [0.1, 0.15) is 52.4 Å². The van der Waals surface area contributed by atoms with Crippen LogP contribution in [-0.4, -0.2) is 37.7 Å². The van der Waals surface area contributed by atoms with Gasteiger partial charge in [0.05, 0.1) is 12.6 Å². The van der Waals surface area contributed by atoms with Gasteiger partial charge in [0.25, 0.3) is 0 Å². The molecule has 0 radical (unpaired) electrons. The number of rotatable bonds is 12. The second-order valence-electron chi connectivity index (χ2n) is 4.77. The molecule has 4 nitrogen and oxygen atoms in total. The van der Waals surface area contributed by atoms with Crippen LogP contribution >= 0.6 is 0 Å². The zero-order valence-corrected chi connectivity index (χ0v) is 12.1. The smallest absolute Gasteiger partial charge is 0.146 e. The van der Waals surface area contributed by atoms with Crippen LogP contribution in [0.3, 0.4) is 0 Å². The molecular weight excluding hydrogens is 228 g/mol. The first-order chi connectivity index (χ1) is 8.61. The number of hydrogen-bond donors (Lipinski definition) is 2. The topological polar surface area (TPSA) is 58.2 Å². The van der Waals surface area contributed by atoms with Crippen molar-refractivity contribution in [2.45, 2.75) is 58.4 Å². The summed E-state index contributed by atoms with van der Waals surface area (Å²) in [7, 11) is 1.82. The van der Waals surface area contributed by atoms with E-state index in [-0.39, 0.29) is 11.8 Å². The molecule has 0 aromatic rings.